The van der Waals surface area contributed by atoms with Crippen molar-refractivity contribution in [3.05, 3.63) is 5.82 Å². The molecule has 0 saturated heterocycles. The third-order valence-electron chi connectivity index (χ3n) is 2.11. The Bertz CT molecular complexity index is 446. The van der Waals surface area contributed by atoms with E-state index in [1.54, 1.807) is 0 Å². The first-order chi connectivity index (χ1) is 10.4. The van der Waals surface area contributed by atoms with Crippen LogP contribution in [-0.4, -0.2) is 62.5 Å². The van der Waals surface area contributed by atoms with Gasteiger partial charge in [0, 0.05) is 13.0 Å². The number of methoxy groups -OCH3 is 1. The Morgan fingerprint density at radius 1 is 1.14 bits per heavy atom. The Labute approximate surface area is 127 Å². The molecule has 0 bridgehead atoms. The molecule has 0 atom stereocenters. The third-order valence-corrected chi connectivity index (χ3v) is 2.11. The highest BCUT2D eigenvalue weighted by molar-refractivity contribution is 5.75. The van der Waals surface area contributed by atoms with Gasteiger partial charge in [-0.25, -0.2) is 0 Å². The number of hydrogen-bond acceptors (Lipinski definition) is 8. The minimum atomic E-state index is -1.08. The predicted octanol–water partition coefficient (Wildman–Crippen LogP) is -0.217. The lowest BCUT2D eigenvalue weighted by Crippen LogP contribution is -2.11. The molecule has 0 aliphatic rings. The fourth-order valence-electron chi connectivity index (χ4n) is 1.11. The molecule has 0 aliphatic carbocycles. The van der Waals surface area contributed by atoms with Crippen molar-refractivity contribution in [3.8, 4) is 6.01 Å². The molecule has 0 saturated carbocycles. The van der Waals surface area contributed by atoms with Crippen molar-refractivity contribution in [2.45, 2.75) is 26.2 Å². The lowest BCUT2D eigenvalue weighted by molar-refractivity contribution is -0.143. The van der Waals surface area contributed by atoms with Gasteiger partial charge in [-0.1, -0.05) is 6.92 Å². The number of rotatable bonds is 8. The standard InChI is InChI=1S/C8H14N4O2.C4H6O4/c1-3-6-10-7(9-4-5-13)12-8(11-6)14-2;5-3(6)1-2-4(7)8/h13H,3-5H2,1-2H3,(H,9,10,11,12);1-2H2,(H,5,6)(H,7,8). The second-order valence-corrected chi connectivity index (χ2v) is 3.85. The van der Waals surface area contributed by atoms with E-state index in [-0.39, 0.29) is 25.5 Å². The number of nitrogens with one attached hydrogen (secondary N) is 1. The monoisotopic (exact) mass is 316 g/mol. The van der Waals surface area contributed by atoms with Gasteiger partial charge in [0.05, 0.1) is 26.6 Å². The quantitative estimate of drug-likeness (QED) is 0.506. The van der Waals surface area contributed by atoms with Crippen molar-refractivity contribution in [1.29, 1.82) is 0 Å². The molecule has 22 heavy (non-hydrogen) atoms. The van der Waals surface area contributed by atoms with Gasteiger partial charge < -0.3 is 25.4 Å². The fourth-order valence-corrected chi connectivity index (χ4v) is 1.11. The van der Waals surface area contributed by atoms with Gasteiger partial charge in [-0.3, -0.25) is 9.59 Å². The van der Waals surface area contributed by atoms with E-state index in [1.165, 1.54) is 7.11 Å². The van der Waals surface area contributed by atoms with E-state index in [4.69, 9.17) is 20.1 Å². The maximum absolute atomic E-state index is 9.64. The summed E-state index contributed by atoms with van der Waals surface area (Å²) in [5.74, 6) is -1.06. The number of aliphatic hydroxyl groups is 1. The number of carbonyl (C=O) groups is 2. The molecule has 0 fully saturated rings. The highest BCUT2D eigenvalue weighted by atomic mass is 16.5. The Balaban J connectivity index is 0.000000472. The molecule has 10 nitrogen and oxygen atoms in total. The van der Waals surface area contributed by atoms with E-state index in [1.807, 2.05) is 6.92 Å². The van der Waals surface area contributed by atoms with Crippen molar-refractivity contribution in [2.75, 3.05) is 25.6 Å². The molecule has 0 aliphatic heterocycles. The summed E-state index contributed by atoms with van der Waals surface area (Å²) >= 11 is 0. The summed E-state index contributed by atoms with van der Waals surface area (Å²) < 4.78 is 4.91. The SMILES string of the molecule is CCc1nc(NCCO)nc(OC)n1.O=C(O)CCC(=O)O. The van der Waals surface area contributed by atoms with Crippen LogP contribution in [0.4, 0.5) is 5.95 Å². The minimum Gasteiger partial charge on any atom is -0.481 e. The second kappa shape index (κ2) is 11.2. The van der Waals surface area contributed by atoms with Gasteiger partial charge in [0.15, 0.2) is 0 Å². The summed E-state index contributed by atoms with van der Waals surface area (Å²) in [6, 6.07) is 0.289. The van der Waals surface area contributed by atoms with E-state index in [0.29, 0.717) is 24.7 Å². The number of aryl methyl sites for hydroxylation is 1. The molecular formula is C12H20N4O6. The van der Waals surface area contributed by atoms with Crippen LogP contribution in [0.5, 0.6) is 6.01 Å². The number of carboxylic acid groups (broad SMARTS) is 2. The van der Waals surface area contributed by atoms with Gasteiger partial charge in [-0.2, -0.15) is 15.0 Å². The van der Waals surface area contributed by atoms with Gasteiger partial charge in [-0.05, 0) is 0 Å². The Kier molecular flexibility index (Phi) is 9.93. The Morgan fingerprint density at radius 3 is 2.14 bits per heavy atom. The molecule has 0 amide bonds. The molecule has 0 unspecified atom stereocenters. The number of nitrogens with zero attached hydrogens (tertiary/aromatic N) is 3. The first kappa shape index (κ1) is 19.5. The third kappa shape index (κ3) is 9.42. The molecule has 124 valence electrons. The summed E-state index contributed by atoms with van der Waals surface area (Å²) in [7, 11) is 1.50. The van der Waals surface area contributed by atoms with Gasteiger partial charge in [0.25, 0.3) is 0 Å². The van der Waals surface area contributed by atoms with Crippen molar-refractivity contribution < 1.29 is 29.6 Å². The lowest BCUT2D eigenvalue weighted by atomic mass is 10.3. The van der Waals surface area contributed by atoms with Crippen LogP contribution in [-0.2, 0) is 16.0 Å². The van der Waals surface area contributed by atoms with E-state index >= 15 is 0 Å². The highest BCUT2D eigenvalue weighted by Crippen LogP contribution is 2.06. The summed E-state index contributed by atoms with van der Waals surface area (Å²) in [6.45, 7) is 2.40. The molecule has 0 aromatic carbocycles. The smallest absolute Gasteiger partial charge is 0.321 e. The number of hydrogen-bond donors (Lipinski definition) is 4. The van der Waals surface area contributed by atoms with Crippen LogP contribution in [0.2, 0.25) is 0 Å². The van der Waals surface area contributed by atoms with E-state index in [9.17, 15) is 9.59 Å². The zero-order chi connectivity index (χ0) is 17.0. The highest BCUT2D eigenvalue weighted by Gasteiger charge is 2.04. The van der Waals surface area contributed by atoms with Crippen LogP contribution in [0.3, 0.4) is 0 Å². The zero-order valence-electron chi connectivity index (χ0n) is 12.4. The molecule has 0 radical (unpaired) electrons. The van der Waals surface area contributed by atoms with Gasteiger partial charge in [0.2, 0.25) is 5.95 Å². The van der Waals surface area contributed by atoms with E-state index < -0.39 is 11.9 Å². The normalized spacial score (nSPS) is 9.41. The van der Waals surface area contributed by atoms with Crippen molar-refractivity contribution in [2.24, 2.45) is 0 Å². The molecule has 1 rings (SSSR count). The topological polar surface area (TPSA) is 155 Å². The summed E-state index contributed by atoms with van der Waals surface area (Å²) in [5.41, 5.74) is 0. The van der Waals surface area contributed by atoms with Crippen LogP contribution in [0.25, 0.3) is 0 Å². The molecule has 0 spiro atoms. The van der Waals surface area contributed by atoms with Crippen LogP contribution in [0.15, 0.2) is 0 Å². The summed E-state index contributed by atoms with van der Waals surface area (Å²) in [5, 5.41) is 27.3. The molecular weight excluding hydrogens is 296 g/mol. The van der Waals surface area contributed by atoms with Crippen molar-refractivity contribution in [1.82, 2.24) is 15.0 Å². The first-order valence-electron chi connectivity index (χ1n) is 6.50. The average Bonchev–Trinajstić information content (AvgIpc) is 2.51. The molecule has 4 N–H and O–H groups in total. The molecule has 1 heterocycles. The number of aliphatic hydroxyl groups excluding tert-OH is 1. The van der Waals surface area contributed by atoms with E-state index in [0.717, 1.165) is 0 Å². The Hall–Kier alpha value is -2.49. The van der Waals surface area contributed by atoms with Crippen LogP contribution in [0, 0.1) is 0 Å². The maximum atomic E-state index is 9.64. The number of ether oxygens (including phenoxy) is 1. The summed E-state index contributed by atoms with van der Waals surface area (Å²) in [4.78, 5) is 31.4. The van der Waals surface area contributed by atoms with Crippen LogP contribution >= 0.6 is 0 Å². The second-order valence-electron chi connectivity index (χ2n) is 3.85. The van der Waals surface area contributed by atoms with Gasteiger partial charge in [0.1, 0.15) is 5.82 Å². The van der Waals surface area contributed by atoms with Crippen LogP contribution in [0.1, 0.15) is 25.6 Å². The van der Waals surface area contributed by atoms with E-state index in [2.05, 4.69) is 20.3 Å². The minimum absolute atomic E-state index is 0.0372. The van der Waals surface area contributed by atoms with Gasteiger partial charge in [-0.15, -0.1) is 0 Å². The largest absolute Gasteiger partial charge is 0.481 e. The number of anilines is 1. The van der Waals surface area contributed by atoms with Crippen LogP contribution < -0.4 is 10.1 Å². The van der Waals surface area contributed by atoms with Crippen molar-refractivity contribution in [3.63, 3.8) is 0 Å². The average molecular weight is 316 g/mol. The molecule has 1 aromatic rings. The first-order valence-corrected chi connectivity index (χ1v) is 6.50. The fraction of sp³-hybridized carbons (Fsp3) is 0.583. The molecule has 10 heteroatoms. The molecule has 1 aromatic heterocycles. The summed E-state index contributed by atoms with van der Waals surface area (Å²) in [6.07, 6.45) is 0.122. The predicted molar refractivity (Wildman–Crippen MR) is 75.8 cm³/mol. The number of aliphatic carboxylic acids is 2. The van der Waals surface area contributed by atoms with Gasteiger partial charge >= 0.3 is 17.9 Å². The lowest BCUT2D eigenvalue weighted by Gasteiger charge is -2.05. The maximum Gasteiger partial charge on any atom is 0.321 e. The zero-order valence-corrected chi connectivity index (χ0v) is 12.4. The van der Waals surface area contributed by atoms with Crippen molar-refractivity contribution >= 4 is 17.9 Å². The number of carboxylic acids is 2. The Morgan fingerprint density at radius 2 is 1.73 bits per heavy atom. The number of aromatic nitrogens is 3.